The number of rotatable bonds is 7. The molecule has 3 nitrogen and oxygen atoms in total. The van der Waals surface area contributed by atoms with E-state index in [0.717, 1.165) is 29.0 Å². The summed E-state index contributed by atoms with van der Waals surface area (Å²) in [5.41, 5.74) is 2.03. The molecule has 0 amide bonds. The van der Waals surface area contributed by atoms with Gasteiger partial charge in [0, 0.05) is 12.0 Å². The normalized spacial score (nSPS) is 12.5. The molecule has 0 fully saturated rings. The molecule has 0 aliphatic heterocycles. The zero-order valence-electron chi connectivity index (χ0n) is 19.6. The molecular weight excluding hydrogens is 432 g/mol. The number of hydrogen-bond acceptors (Lipinski definition) is 2. The number of hydrogen-bond donors (Lipinski definition) is 1. The van der Waals surface area contributed by atoms with E-state index in [1.165, 1.54) is 60.5 Å². The number of ketones is 1. The predicted molar refractivity (Wildman–Crippen MR) is 145 cm³/mol. The first-order valence-corrected chi connectivity index (χ1v) is 12.4. The number of carboxylic acid groups (broad SMARTS) is 1. The molecule has 0 saturated carbocycles. The molecule has 3 heteroatoms. The van der Waals surface area contributed by atoms with Crippen LogP contribution in [0, 0.1) is 0 Å². The van der Waals surface area contributed by atoms with Crippen LogP contribution in [-0.2, 0) is 11.2 Å². The lowest BCUT2D eigenvalue weighted by atomic mass is 9.80. The van der Waals surface area contributed by atoms with Crippen LogP contribution >= 0.6 is 0 Å². The van der Waals surface area contributed by atoms with Crippen LogP contribution in [0.3, 0.4) is 0 Å². The zero-order valence-corrected chi connectivity index (χ0v) is 19.6. The van der Waals surface area contributed by atoms with E-state index in [4.69, 9.17) is 5.11 Å². The van der Waals surface area contributed by atoms with Crippen molar-refractivity contribution in [1.82, 2.24) is 0 Å². The van der Waals surface area contributed by atoms with Crippen LogP contribution in [0.1, 0.15) is 48.5 Å². The molecule has 7 rings (SSSR count). The van der Waals surface area contributed by atoms with E-state index >= 15 is 0 Å². The van der Waals surface area contributed by atoms with Crippen molar-refractivity contribution in [3.05, 3.63) is 71.8 Å². The SMILES string of the molecule is CCCCc1cc2ccc3cc(C(=O)CCC(=O)O)c4ccc5ccc6ccc1c1c6c5c4c3c21. The first kappa shape index (κ1) is 20.4. The molecule has 0 heterocycles. The highest BCUT2D eigenvalue weighted by Crippen LogP contribution is 2.49. The maximum absolute atomic E-state index is 13.2. The van der Waals surface area contributed by atoms with Gasteiger partial charge in [-0.1, -0.05) is 67.9 Å². The van der Waals surface area contributed by atoms with Crippen LogP contribution in [0.5, 0.6) is 0 Å². The molecule has 0 unspecified atom stereocenters. The topological polar surface area (TPSA) is 54.4 Å². The Labute approximate surface area is 201 Å². The van der Waals surface area contributed by atoms with E-state index in [-0.39, 0.29) is 18.6 Å². The Morgan fingerprint density at radius 3 is 1.86 bits per heavy atom. The number of benzene rings is 7. The molecule has 0 aliphatic carbocycles. The fourth-order valence-electron chi connectivity index (χ4n) is 6.32. The molecule has 0 aromatic heterocycles. The van der Waals surface area contributed by atoms with Crippen molar-refractivity contribution in [2.45, 2.75) is 39.0 Å². The Bertz CT molecular complexity index is 1910. The van der Waals surface area contributed by atoms with Gasteiger partial charge in [0.1, 0.15) is 0 Å². The van der Waals surface area contributed by atoms with E-state index < -0.39 is 5.97 Å². The summed E-state index contributed by atoms with van der Waals surface area (Å²) in [5.74, 6) is -1.06. The third kappa shape index (κ3) is 2.72. The number of carboxylic acids is 1. The van der Waals surface area contributed by atoms with Crippen molar-refractivity contribution >= 4 is 76.4 Å². The second-order valence-corrected chi connectivity index (χ2v) is 9.88. The Kier molecular flexibility index (Phi) is 4.23. The molecule has 0 saturated heterocycles. The summed E-state index contributed by atoms with van der Waals surface area (Å²) in [5, 5.41) is 23.6. The molecule has 35 heavy (non-hydrogen) atoms. The van der Waals surface area contributed by atoms with Gasteiger partial charge < -0.3 is 5.11 Å². The van der Waals surface area contributed by atoms with E-state index in [1.807, 2.05) is 6.07 Å². The van der Waals surface area contributed by atoms with Crippen molar-refractivity contribution < 1.29 is 14.7 Å². The van der Waals surface area contributed by atoms with Crippen molar-refractivity contribution in [1.29, 1.82) is 0 Å². The minimum atomic E-state index is -0.946. The largest absolute Gasteiger partial charge is 0.481 e. The first-order valence-electron chi connectivity index (χ1n) is 12.4. The minimum absolute atomic E-state index is 0.00732. The van der Waals surface area contributed by atoms with Crippen LogP contribution < -0.4 is 0 Å². The smallest absolute Gasteiger partial charge is 0.303 e. The molecule has 7 aromatic carbocycles. The van der Waals surface area contributed by atoms with Gasteiger partial charge in [0.05, 0.1) is 6.42 Å². The van der Waals surface area contributed by atoms with Crippen LogP contribution in [0.2, 0.25) is 0 Å². The zero-order chi connectivity index (χ0) is 23.8. The highest BCUT2D eigenvalue weighted by atomic mass is 16.4. The maximum atomic E-state index is 13.2. The van der Waals surface area contributed by atoms with Gasteiger partial charge in [0.15, 0.2) is 5.78 Å². The molecular formula is C32H24O3. The van der Waals surface area contributed by atoms with Gasteiger partial charge in [-0.25, -0.2) is 0 Å². The Balaban J connectivity index is 1.69. The second kappa shape index (κ2) is 7.26. The van der Waals surface area contributed by atoms with Gasteiger partial charge in [0.2, 0.25) is 0 Å². The van der Waals surface area contributed by atoms with Gasteiger partial charge in [-0.15, -0.1) is 0 Å². The number of carbonyl (C=O) groups is 2. The lowest BCUT2D eigenvalue weighted by molar-refractivity contribution is -0.136. The van der Waals surface area contributed by atoms with E-state index in [9.17, 15) is 9.59 Å². The van der Waals surface area contributed by atoms with Crippen LogP contribution in [0.25, 0.3) is 64.6 Å². The molecule has 170 valence electrons. The highest BCUT2D eigenvalue weighted by molar-refractivity contribution is 6.45. The number of Topliss-reactive ketones (excluding diaryl/α,β-unsaturated/α-hetero) is 1. The third-order valence-corrected chi connectivity index (χ3v) is 7.87. The number of unbranched alkanes of at least 4 members (excludes halogenated alkanes) is 1. The molecule has 0 bridgehead atoms. The minimum Gasteiger partial charge on any atom is -0.481 e. The lowest BCUT2D eigenvalue weighted by Gasteiger charge is -2.23. The summed E-state index contributed by atoms with van der Waals surface area (Å²) in [6.45, 7) is 2.24. The first-order chi connectivity index (χ1) is 17.1. The van der Waals surface area contributed by atoms with Crippen LogP contribution in [-0.4, -0.2) is 16.9 Å². The second-order valence-electron chi connectivity index (χ2n) is 9.88. The standard InChI is InChI=1S/C32H24O3/c1-2-3-4-19-15-20-7-8-21-16-24(25(33)13-14-26(34)35)23-12-10-18-6-5-17-9-11-22(19)31-27(17)28(18)32(23)30(21)29(20)31/h5-12,15-16H,2-4,13-14H2,1H3,(H,34,35). The van der Waals surface area contributed by atoms with Crippen LogP contribution in [0.4, 0.5) is 0 Å². The molecule has 7 aromatic rings. The van der Waals surface area contributed by atoms with Gasteiger partial charge >= 0.3 is 5.97 Å². The van der Waals surface area contributed by atoms with Crippen LogP contribution in [0.15, 0.2) is 60.7 Å². The van der Waals surface area contributed by atoms with Crippen molar-refractivity contribution in [2.24, 2.45) is 0 Å². The van der Waals surface area contributed by atoms with Gasteiger partial charge in [-0.05, 0) is 89.1 Å². The summed E-state index contributed by atoms with van der Waals surface area (Å²) < 4.78 is 0. The average molecular weight is 457 g/mol. The summed E-state index contributed by atoms with van der Waals surface area (Å²) >= 11 is 0. The average Bonchev–Trinajstić information content (AvgIpc) is 2.88. The monoisotopic (exact) mass is 456 g/mol. The van der Waals surface area contributed by atoms with Gasteiger partial charge in [-0.2, -0.15) is 0 Å². The number of carbonyl (C=O) groups excluding carboxylic acids is 1. The van der Waals surface area contributed by atoms with E-state index in [0.29, 0.717) is 5.56 Å². The lowest BCUT2D eigenvalue weighted by Crippen LogP contribution is -2.05. The molecule has 1 N–H and O–H groups in total. The quantitative estimate of drug-likeness (QED) is 0.149. The highest BCUT2D eigenvalue weighted by Gasteiger charge is 2.24. The molecule has 0 aliphatic rings. The van der Waals surface area contributed by atoms with Crippen molar-refractivity contribution in [3.8, 4) is 0 Å². The van der Waals surface area contributed by atoms with E-state index in [1.54, 1.807) is 0 Å². The van der Waals surface area contributed by atoms with Gasteiger partial charge in [-0.3, -0.25) is 9.59 Å². The molecule has 0 atom stereocenters. The summed E-state index contributed by atoms with van der Waals surface area (Å²) in [6, 6.07) is 21.8. The van der Waals surface area contributed by atoms with E-state index in [2.05, 4.69) is 61.5 Å². The number of aliphatic carboxylic acids is 1. The van der Waals surface area contributed by atoms with Gasteiger partial charge in [0.25, 0.3) is 0 Å². The van der Waals surface area contributed by atoms with Crippen molar-refractivity contribution in [2.75, 3.05) is 0 Å². The Hall–Kier alpha value is -3.98. The number of aryl methyl sites for hydroxylation is 1. The Morgan fingerprint density at radius 2 is 1.20 bits per heavy atom. The summed E-state index contributed by atoms with van der Waals surface area (Å²) in [7, 11) is 0. The Morgan fingerprint density at radius 1 is 0.657 bits per heavy atom. The third-order valence-electron chi connectivity index (χ3n) is 7.87. The summed E-state index contributed by atoms with van der Waals surface area (Å²) in [6.07, 6.45) is 3.25. The predicted octanol–water partition coefficient (Wildman–Crippen LogP) is 8.31. The maximum Gasteiger partial charge on any atom is 0.303 e. The fraction of sp³-hybridized carbons (Fsp3) is 0.188. The summed E-state index contributed by atoms with van der Waals surface area (Å²) in [4.78, 5) is 24.4. The van der Waals surface area contributed by atoms with Crippen molar-refractivity contribution in [3.63, 3.8) is 0 Å². The molecule has 0 spiro atoms. The fourth-order valence-corrected chi connectivity index (χ4v) is 6.32. The molecule has 0 radical (unpaired) electrons.